The maximum atomic E-state index is 5.77. The molecule has 1 nitrogen and oxygen atoms in total. The lowest BCUT2D eigenvalue weighted by molar-refractivity contribution is 0.0765. The van der Waals surface area contributed by atoms with E-state index in [1.54, 1.807) is 0 Å². The van der Waals surface area contributed by atoms with E-state index in [-0.39, 0.29) is 0 Å². The third-order valence-electron chi connectivity index (χ3n) is 3.45. The third kappa shape index (κ3) is 5.95. The summed E-state index contributed by atoms with van der Waals surface area (Å²) in [5.74, 6) is 2.57. The van der Waals surface area contributed by atoms with Crippen LogP contribution in [-0.4, -0.2) is 19.0 Å². The van der Waals surface area contributed by atoms with Gasteiger partial charge in [-0.2, -0.15) is 12.6 Å². The lowest BCUT2D eigenvalue weighted by Gasteiger charge is -2.24. The van der Waals surface area contributed by atoms with Gasteiger partial charge in [0.1, 0.15) is 0 Å². The quantitative estimate of drug-likeness (QED) is 0.383. The van der Waals surface area contributed by atoms with E-state index in [2.05, 4.69) is 31.7 Å². The lowest BCUT2D eigenvalue weighted by atomic mass is 9.85. The number of hydrogen-bond acceptors (Lipinski definition) is 2. The molecule has 0 heterocycles. The highest BCUT2D eigenvalue weighted by atomic mass is 32.1. The molecule has 0 saturated carbocycles. The van der Waals surface area contributed by atoms with Gasteiger partial charge in [-0.05, 0) is 43.3 Å². The van der Waals surface area contributed by atoms with Crippen molar-refractivity contribution in [3.63, 3.8) is 0 Å². The van der Waals surface area contributed by atoms with Crippen LogP contribution in [0.2, 0.25) is 0 Å². The predicted molar refractivity (Wildman–Crippen MR) is 74.2 cm³/mol. The Balaban J connectivity index is 1.92. The highest BCUT2D eigenvalue weighted by Gasteiger charge is 2.17. The van der Waals surface area contributed by atoms with Crippen LogP contribution in [0, 0.1) is 11.8 Å². The van der Waals surface area contributed by atoms with Crippen LogP contribution in [0.3, 0.4) is 0 Å². The minimum absolute atomic E-state index is 0.752. The molecule has 0 bridgehead atoms. The summed E-state index contributed by atoms with van der Waals surface area (Å²) in [7, 11) is 0. The van der Waals surface area contributed by atoms with Gasteiger partial charge in [-0.25, -0.2) is 0 Å². The SMILES string of the molecule is CC1CC=CCC1COCCCCCCS. The molecule has 0 aromatic heterocycles. The Morgan fingerprint density at radius 2 is 1.88 bits per heavy atom. The molecule has 2 heteroatoms. The topological polar surface area (TPSA) is 9.23 Å². The van der Waals surface area contributed by atoms with Crippen molar-refractivity contribution >= 4 is 12.6 Å². The monoisotopic (exact) mass is 242 g/mol. The number of hydrogen-bond donors (Lipinski definition) is 1. The summed E-state index contributed by atoms with van der Waals surface area (Å²) >= 11 is 4.21. The summed E-state index contributed by atoms with van der Waals surface area (Å²) in [5, 5.41) is 0. The third-order valence-corrected chi connectivity index (χ3v) is 3.76. The zero-order valence-corrected chi connectivity index (χ0v) is 11.4. The van der Waals surface area contributed by atoms with Crippen LogP contribution in [0.15, 0.2) is 12.2 Å². The fourth-order valence-electron chi connectivity index (χ4n) is 2.14. The Kier molecular flexibility index (Phi) is 8.04. The first kappa shape index (κ1) is 14.1. The van der Waals surface area contributed by atoms with Gasteiger partial charge in [-0.1, -0.05) is 31.9 Å². The van der Waals surface area contributed by atoms with Crippen LogP contribution in [0.4, 0.5) is 0 Å². The van der Waals surface area contributed by atoms with E-state index in [0.717, 1.165) is 30.8 Å². The second-order valence-corrected chi connectivity index (χ2v) is 5.34. The molecule has 0 fully saturated rings. The molecular formula is C14H26OS. The predicted octanol–water partition coefficient (Wildman–Crippen LogP) is 4.10. The second-order valence-electron chi connectivity index (χ2n) is 4.89. The first-order valence-corrected chi connectivity index (χ1v) is 7.31. The molecule has 0 spiro atoms. The van der Waals surface area contributed by atoms with E-state index in [1.165, 1.54) is 38.5 Å². The van der Waals surface area contributed by atoms with Crippen LogP contribution in [-0.2, 0) is 4.74 Å². The van der Waals surface area contributed by atoms with Gasteiger partial charge < -0.3 is 4.74 Å². The van der Waals surface area contributed by atoms with Gasteiger partial charge in [0, 0.05) is 13.2 Å². The van der Waals surface area contributed by atoms with Crippen LogP contribution < -0.4 is 0 Å². The van der Waals surface area contributed by atoms with Gasteiger partial charge in [-0.3, -0.25) is 0 Å². The van der Waals surface area contributed by atoms with E-state index in [4.69, 9.17) is 4.74 Å². The van der Waals surface area contributed by atoms with Crippen molar-refractivity contribution in [2.75, 3.05) is 19.0 Å². The average Bonchev–Trinajstić information content (AvgIpc) is 2.30. The van der Waals surface area contributed by atoms with E-state index in [9.17, 15) is 0 Å². The van der Waals surface area contributed by atoms with Gasteiger partial charge in [0.15, 0.2) is 0 Å². The summed E-state index contributed by atoms with van der Waals surface area (Å²) in [6.07, 6.45) is 12.1. The van der Waals surface area contributed by atoms with E-state index >= 15 is 0 Å². The molecule has 2 unspecified atom stereocenters. The highest BCUT2D eigenvalue weighted by molar-refractivity contribution is 7.80. The highest BCUT2D eigenvalue weighted by Crippen LogP contribution is 2.25. The number of ether oxygens (including phenoxy) is 1. The van der Waals surface area contributed by atoms with Crippen LogP contribution in [0.25, 0.3) is 0 Å². The van der Waals surface area contributed by atoms with Gasteiger partial charge in [0.05, 0.1) is 0 Å². The number of unbranched alkanes of at least 4 members (excludes halogenated alkanes) is 3. The molecule has 0 saturated heterocycles. The summed E-state index contributed by atoms with van der Waals surface area (Å²) in [6.45, 7) is 4.24. The van der Waals surface area contributed by atoms with E-state index in [1.807, 2.05) is 0 Å². The Labute approximate surface area is 106 Å². The van der Waals surface area contributed by atoms with Crippen LogP contribution in [0.1, 0.15) is 45.4 Å². The number of allylic oxidation sites excluding steroid dienone is 2. The molecule has 0 amide bonds. The van der Waals surface area contributed by atoms with Crippen molar-refractivity contribution in [1.82, 2.24) is 0 Å². The molecule has 0 aromatic rings. The Morgan fingerprint density at radius 1 is 1.12 bits per heavy atom. The van der Waals surface area contributed by atoms with Gasteiger partial charge in [0.2, 0.25) is 0 Å². The molecule has 94 valence electrons. The molecule has 0 N–H and O–H groups in total. The van der Waals surface area contributed by atoms with Gasteiger partial charge >= 0.3 is 0 Å². The number of thiol groups is 1. The van der Waals surface area contributed by atoms with Gasteiger partial charge in [0.25, 0.3) is 0 Å². The first-order chi connectivity index (χ1) is 7.84. The first-order valence-electron chi connectivity index (χ1n) is 6.68. The molecule has 0 aliphatic heterocycles. The maximum absolute atomic E-state index is 5.77. The fourth-order valence-corrected chi connectivity index (χ4v) is 2.37. The number of rotatable bonds is 8. The van der Waals surface area contributed by atoms with E-state index in [0.29, 0.717) is 0 Å². The largest absolute Gasteiger partial charge is 0.381 e. The standard InChI is InChI=1S/C14H26OS/c1-13-8-4-5-9-14(13)12-15-10-6-2-3-7-11-16/h4-5,13-14,16H,2-3,6-12H2,1H3. The van der Waals surface area contributed by atoms with Crippen molar-refractivity contribution in [1.29, 1.82) is 0 Å². The Hall–Kier alpha value is 0.0500. The zero-order chi connectivity index (χ0) is 11.6. The normalized spacial score (nSPS) is 24.9. The smallest absolute Gasteiger partial charge is 0.0499 e. The molecule has 1 rings (SSSR count). The molecule has 1 aliphatic carbocycles. The van der Waals surface area contributed by atoms with Crippen molar-refractivity contribution in [3.8, 4) is 0 Å². The maximum Gasteiger partial charge on any atom is 0.0499 e. The summed E-state index contributed by atoms with van der Waals surface area (Å²) in [6, 6.07) is 0. The minimum Gasteiger partial charge on any atom is -0.381 e. The summed E-state index contributed by atoms with van der Waals surface area (Å²) in [5.41, 5.74) is 0. The zero-order valence-electron chi connectivity index (χ0n) is 10.5. The molecular weight excluding hydrogens is 216 g/mol. The van der Waals surface area contributed by atoms with Crippen molar-refractivity contribution in [3.05, 3.63) is 12.2 Å². The van der Waals surface area contributed by atoms with Crippen molar-refractivity contribution in [2.45, 2.75) is 45.4 Å². The average molecular weight is 242 g/mol. The Morgan fingerprint density at radius 3 is 2.62 bits per heavy atom. The van der Waals surface area contributed by atoms with Crippen molar-refractivity contribution in [2.24, 2.45) is 11.8 Å². The second kappa shape index (κ2) is 9.12. The fraction of sp³-hybridized carbons (Fsp3) is 0.857. The van der Waals surface area contributed by atoms with Crippen molar-refractivity contribution < 1.29 is 4.74 Å². The van der Waals surface area contributed by atoms with E-state index < -0.39 is 0 Å². The molecule has 0 radical (unpaired) electrons. The molecule has 2 atom stereocenters. The summed E-state index contributed by atoms with van der Waals surface area (Å²) in [4.78, 5) is 0. The van der Waals surface area contributed by atoms with Crippen LogP contribution in [0.5, 0.6) is 0 Å². The minimum atomic E-state index is 0.752. The molecule has 1 aliphatic rings. The molecule has 0 aromatic carbocycles. The van der Waals surface area contributed by atoms with Crippen LogP contribution >= 0.6 is 12.6 Å². The lowest BCUT2D eigenvalue weighted by Crippen LogP contribution is -2.19. The van der Waals surface area contributed by atoms with Gasteiger partial charge in [-0.15, -0.1) is 0 Å². The Bertz CT molecular complexity index is 191. The summed E-state index contributed by atoms with van der Waals surface area (Å²) < 4.78 is 5.77. The molecule has 16 heavy (non-hydrogen) atoms.